The van der Waals surface area contributed by atoms with Crippen LogP contribution < -0.4 is 0 Å². The van der Waals surface area contributed by atoms with E-state index in [1.165, 1.54) is 12.5 Å². The van der Waals surface area contributed by atoms with Gasteiger partial charge in [-0.3, -0.25) is 0 Å². The van der Waals surface area contributed by atoms with Crippen molar-refractivity contribution in [2.45, 2.75) is 0 Å². The largest absolute Gasteiger partial charge is 0.476 e. The molecule has 0 aromatic carbocycles. The van der Waals surface area contributed by atoms with Gasteiger partial charge in [0, 0.05) is 0 Å². The van der Waals surface area contributed by atoms with Gasteiger partial charge >= 0.3 is 5.97 Å². The molecule has 0 saturated carbocycles. The van der Waals surface area contributed by atoms with Crippen LogP contribution in [0.25, 0.3) is 11.5 Å². The summed E-state index contributed by atoms with van der Waals surface area (Å²) in [4.78, 5) is 18.0. The molecule has 0 radical (unpaired) electrons. The van der Waals surface area contributed by atoms with E-state index in [0.29, 0.717) is 0 Å². The molecule has 2 heterocycles. The lowest BCUT2D eigenvalue weighted by Gasteiger charge is -2.00. The molecule has 0 amide bonds. The Kier molecular flexibility index (Phi) is 2.17. The van der Waals surface area contributed by atoms with Crippen LogP contribution in [0.3, 0.4) is 0 Å². The summed E-state index contributed by atoms with van der Waals surface area (Å²) in [6.07, 6.45) is 3.44. The predicted octanol–water partition coefficient (Wildman–Crippen LogP) is 1.57. The molecule has 5 nitrogen and oxygen atoms in total. The molecule has 0 saturated heterocycles. The third-order valence-corrected chi connectivity index (χ3v) is 1.72. The van der Waals surface area contributed by atoms with Crippen molar-refractivity contribution in [3.8, 4) is 11.5 Å². The van der Waals surface area contributed by atoms with Crippen LogP contribution in [-0.4, -0.2) is 21.0 Å². The van der Waals surface area contributed by atoms with Gasteiger partial charge in [-0.2, -0.15) is 0 Å². The highest BCUT2D eigenvalue weighted by molar-refractivity contribution is 5.92. The molecule has 0 aliphatic carbocycles. The van der Waals surface area contributed by atoms with Gasteiger partial charge in [0.25, 0.3) is 0 Å². The van der Waals surface area contributed by atoms with Crippen LogP contribution in [0.15, 0.2) is 29.1 Å². The van der Waals surface area contributed by atoms with Crippen LogP contribution in [0.4, 0.5) is 4.39 Å². The van der Waals surface area contributed by atoms with E-state index in [0.717, 1.165) is 12.3 Å². The third kappa shape index (κ3) is 1.69. The van der Waals surface area contributed by atoms with Crippen LogP contribution in [0.1, 0.15) is 10.5 Å². The molecule has 0 fully saturated rings. The zero-order chi connectivity index (χ0) is 10.8. The Hall–Kier alpha value is -2.24. The van der Waals surface area contributed by atoms with E-state index in [1.54, 1.807) is 0 Å². The van der Waals surface area contributed by atoms with Gasteiger partial charge in [-0.25, -0.2) is 19.2 Å². The summed E-state index contributed by atoms with van der Waals surface area (Å²) in [6.45, 7) is 0. The Morgan fingerprint density at radius 3 is 2.87 bits per heavy atom. The van der Waals surface area contributed by atoms with Gasteiger partial charge < -0.3 is 9.52 Å². The molecule has 2 aromatic rings. The first-order valence-corrected chi connectivity index (χ1v) is 3.97. The van der Waals surface area contributed by atoms with Crippen molar-refractivity contribution in [3.05, 3.63) is 36.2 Å². The monoisotopic (exact) mass is 208 g/mol. The first-order chi connectivity index (χ1) is 7.18. The zero-order valence-corrected chi connectivity index (χ0v) is 7.35. The van der Waals surface area contributed by atoms with Crippen LogP contribution in [0, 0.1) is 5.82 Å². The fourth-order valence-corrected chi connectivity index (χ4v) is 1.13. The highest BCUT2D eigenvalue weighted by Crippen LogP contribution is 2.21. The standard InChI is InChI=1S/C9H5FN2O3/c10-5-3-6(8-11-1-2-15-8)7(9(13)14)12-4-5/h1-4H,(H,13,14). The van der Waals surface area contributed by atoms with Gasteiger partial charge in [-0.1, -0.05) is 0 Å². The number of hydrogen-bond donors (Lipinski definition) is 1. The van der Waals surface area contributed by atoms with Crippen LogP contribution in [0.2, 0.25) is 0 Å². The molecule has 2 aromatic heterocycles. The molecule has 0 aliphatic rings. The van der Waals surface area contributed by atoms with E-state index in [4.69, 9.17) is 9.52 Å². The number of carboxylic acids is 1. The SMILES string of the molecule is O=C(O)c1ncc(F)cc1-c1ncco1. The molecular formula is C9H5FN2O3. The minimum Gasteiger partial charge on any atom is -0.476 e. The first kappa shape index (κ1) is 9.32. The highest BCUT2D eigenvalue weighted by atomic mass is 19.1. The highest BCUT2D eigenvalue weighted by Gasteiger charge is 2.17. The average Bonchev–Trinajstić information content (AvgIpc) is 2.69. The molecule has 6 heteroatoms. The molecule has 0 aliphatic heterocycles. The van der Waals surface area contributed by atoms with E-state index in [-0.39, 0.29) is 17.1 Å². The van der Waals surface area contributed by atoms with Crippen LogP contribution in [0.5, 0.6) is 0 Å². The second-order valence-corrected chi connectivity index (χ2v) is 2.69. The maximum atomic E-state index is 12.9. The quantitative estimate of drug-likeness (QED) is 0.810. The molecule has 0 spiro atoms. The van der Waals surface area contributed by atoms with Crippen molar-refractivity contribution in [1.29, 1.82) is 0 Å². The van der Waals surface area contributed by atoms with Gasteiger partial charge in [-0.05, 0) is 6.07 Å². The summed E-state index contributed by atoms with van der Waals surface area (Å²) in [6, 6.07) is 1.02. The Morgan fingerprint density at radius 1 is 1.47 bits per heavy atom. The lowest BCUT2D eigenvalue weighted by molar-refractivity contribution is 0.0691. The molecule has 0 unspecified atom stereocenters. The number of aromatic nitrogens is 2. The minimum absolute atomic E-state index is 0.0208. The first-order valence-electron chi connectivity index (χ1n) is 3.97. The Balaban J connectivity index is 2.63. The van der Waals surface area contributed by atoms with Gasteiger partial charge in [-0.15, -0.1) is 0 Å². The molecule has 15 heavy (non-hydrogen) atoms. The summed E-state index contributed by atoms with van der Waals surface area (Å²) < 4.78 is 17.8. The number of hydrogen-bond acceptors (Lipinski definition) is 4. The fourth-order valence-electron chi connectivity index (χ4n) is 1.13. The Labute approximate surface area is 83.2 Å². The van der Waals surface area contributed by atoms with Crippen molar-refractivity contribution in [2.75, 3.05) is 0 Å². The lowest BCUT2D eigenvalue weighted by atomic mass is 10.2. The van der Waals surface area contributed by atoms with Gasteiger partial charge in [0.15, 0.2) is 5.69 Å². The maximum Gasteiger partial charge on any atom is 0.355 e. The average molecular weight is 208 g/mol. The number of oxazole rings is 1. The van der Waals surface area contributed by atoms with Crippen molar-refractivity contribution in [3.63, 3.8) is 0 Å². The van der Waals surface area contributed by atoms with E-state index < -0.39 is 11.8 Å². The zero-order valence-electron chi connectivity index (χ0n) is 7.35. The summed E-state index contributed by atoms with van der Waals surface area (Å²) in [5.41, 5.74) is -0.272. The van der Waals surface area contributed by atoms with Crippen LogP contribution >= 0.6 is 0 Å². The van der Waals surface area contributed by atoms with E-state index in [9.17, 15) is 9.18 Å². The number of pyridine rings is 1. The lowest BCUT2D eigenvalue weighted by Crippen LogP contribution is -2.03. The smallest absolute Gasteiger partial charge is 0.355 e. The topological polar surface area (TPSA) is 76.2 Å². The van der Waals surface area contributed by atoms with Gasteiger partial charge in [0.1, 0.15) is 12.1 Å². The van der Waals surface area contributed by atoms with Gasteiger partial charge in [0.05, 0.1) is 18.0 Å². The molecule has 0 bridgehead atoms. The number of carboxylic acid groups (broad SMARTS) is 1. The van der Waals surface area contributed by atoms with E-state index in [2.05, 4.69) is 9.97 Å². The van der Waals surface area contributed by atoms with Gasteiger partial charge in [0.2, 0.25) is 5.89 Å². The van der Waals surface area contributed by atoms with Crippen molar-refractivity contribution >= 4 is 5.97 Å². The van der Waals surface area contributed by atoms with E-state index >= 15 is 0 Å². The van der Waals surface area contributed by atoms with Crippen molar-refractivity contribution in [1.82, 2.24) is 9.97 Å². The summed E-state index contributed by atoms with van der Waals surface area (Å²) in [5.74, 6) is -1.88. The number of nitrogens with zero attached hydrogens (tertiary/aromatic N) is 2. The Morgan fingerprint density at radius 2 is 2.27 bits per heavy atom. The predicted molar refractivity (Wildman–Crippen MR) is 46.7 cm³/mol. The fraction of sp³-hybridized carbons (Fsp3) is 0. The molecule has 0 atom stereocenters. The van der Waals surface area contributed by atoms with Crippen LogP contribution in [-0.2, 0) is 0 Å². The molecule has 2 rings (SSSR count). The van der Waals surface area contributed by atoms with Crippen molar-refractivity contribution in [2.24, 2.45) is 0 Å². The number of rotatable bonds is 2. The number of aromatic carboxylic acids is 1. The number of halogens is 1. The molecule has 1 N–H and O–H groups in total. The second kappa shape index (κ2) is 3.49. The summed E-state index contributed by atoms with van der Waals surface area (Å²) >= 11 is 0. The van der Waals surface area contributed by atoms with Crippen molar-refractivity contribution < 1.29 is 18.7 Å². The Bertz CT molecular complexity index is 496. The molecule has 76 valence electrons. The third-order valence-electron chi connectivity index (χ3n) is 1.72. The molecular weight excluding hydrogens is 203 g/mol. The summed E-state index contributed by atoms with van der Waals surface area (Å²) in [5, 5.41) is 8.80. The normalized spacial score (nSPS) is 10.2. The van der Waals surface area contributed by atoms with E-state index in [1.807, 2.05) is 0 Å². The number of carbonyl (C=O) groups is 1. The summed E-state index contributed by atoms with van der Waals surface area (Å²) in [7, 11) is 0. The minimum atomic E-state index is -1.26. The second-order valence-electron chi connectivity index (χ2n) is 2.69. The maximum absolute atomic E-state index is 12.9.